The minimum atomic E-state index is -3.51. The van der Waals surface area contributed by atoms with Crippen molar-refractivity contribution in [3.05, 3.63) is 59.5 Å². The maximum atomic E-state index is 13.1. The molecule has 2 aromatic carbocycles. The summed E-state index contributed by atoms with van der Waals surface area (Å²) in [5.74, 6) is 1.17. The standard InChI is InChI=1S/C23H26N4O3S2/c1-17-5-4-12-27(15-17)32(28,29)21-7-3-6-19(13-21)22-16-31-23(25-22)26-24-14-18-8-10-20(30-2)11-9-18/h3,6-11,13-14,16-17H,4-5,12,15H2,1-2H3,(H,25,26)/b24-14+. The third-order valence-electron chi connectivity index (χ3n) is 5.38. The number of anilines is 1. The van der Waals surface area contributed by atoms with Crippen LogP contribution >= 0.6 is 11.3 Å². The SMILES string of the molecule is COc1ccc(/C=N/Nc2nc(-c3cccc(S(=O)(=O)N4CCCC(C)C4)c3)cs2)cc1. The zero-order valence-corrected chi connectivity index (χ0v) is 19.7. The third kappa shape index (κ3) is 5.17. The molecule has 0 saturated carbocycles. The van der Waals surface area contributed by atoms with E-state index in [1.165, 1.54) is 11.3 Å². The Kier molecular flexibility index (Phi) is 6.88. The lowest BCUT2D eigenvalue weighted by molar-refractivity contribution is 0.281. The second-order valence-electron chi connectivity index (χ2n) is 7.82. The second-order valence-corrected chi connectivity index (χ2v) is 10.6. The highest BCUT2D eigenvalue weighted by molar-refractivity contribution is 7.89. The fraction of sp³-hybridized carbons (Fsp3) is 0.304. The van der Waals surface area contributed by atoms with Crippen LogP contribution in [0.2, 0.25) is 0 Å². The van der Waals surface area contributed by atoms with Gasteiger partial charge in [-0.2, -0.15) is 9.41 Å². The Hall–Kier alpha value is -2.75. The summed E-state index contributed by atoms with van der Waals surface area (Å²) >= 11 is 1.41. The van der Waals surface area contributed by atoms with E-state index in [-0.39, 0.29) is 0 Å². The van der Waals surface area contributed by atoms with Gasteiger partial charge in [0.1, 0.15) is 5.75 Å². The molecule has 1 N–H and O–H groups in total. The molecular formula is C23H26N4O3S2. The van der Waals surface area contributed by atoms with Gasteiger partial charge in [0.15, 0.2) is 0 Å². The van der Waals surface area contributed by atoms with Crippen molar-refractivity contribution in [2.24, 2.45) is 11.0 Å². The summed E-state index contributed by atoms with van der Waals surface area (Å²) in [6, 6.07) is 14.6. The Bertz CT molecular complexity index is 1190. The van der Waals surface area contributed by atoms with Crippen molar-refractivity contribution in [3.63, 3.8) is 0 Å². The predicted octanol–water partition coefficient (Wildman–Crippen LogP) is 4.69. The molecule has 9 heteroatoms. The largest absolute Gasteiger partial charge is 0.497 e. The summed E-state index contributed by atoms with van der Waals surface area (Å²) in [5, 5.41) is 6.75. The van der Waals surface area contributed by atoms with Crippen molar-refractivity contribution in [1.29, 1.82) is 0 Å². The number of thiazole rings is 1. The van der Waals surface area contributed by atoms with E-state index in [0.717, 1.165) is 29.7 Å². The molecule has 1 unspecified atom stereocenters. The van der Waals surface area contributed by atoms with E-state index in [0.29, 0.717) is 34.7 Å². The lowest BCUT2D eigenvalue weighted by Crippen LogP contribution is -2.39. The number of nitrogens with one attached hydrogen (secondary N) is 1. The normalized spacial score (nSPS) is 17.5. The minimum Gasteiger partial charge on any atom is -0.497 e. The van der Waals surface area contributed by atoms with Crippen LogP contribution in [0, 0.1) is 5.92 Å². The van der Waals surface area contributed by atoms with E-state index in [1.807, 2.05) is 35.7 Å². The second kappa shape index (κ2) is 9.81. The van der Waals surface area contributed by atoms with E-state index in [4.69, 9.17) is 4.74 Å². The zero-order chi connectivity index (χ0) is 22.6. The predicted molar refractivity (Wildman–Crippen MR) is 129 cm³/mol. The number of hydrazone groups is 1. The monoisotopic (exact) mass is 470 g/mol. The first kappa shape index (κ1) is 22.4. The molecule has 32 heavy (non-hydrogen) atoms. The molecule has 1 saturated heterocycles. The van der Waals surface area contributed by atoms with Gasteiger partial charge in [-0.15, -0.1) is 11.3 Å². The van der Waals surface area contributed by atoms with Crippen molar-refractivity contribution in [3.8, 4) is 17.0 Å². The van der Waals surface area contributed by atoms with Gasteiger partial charge in [0.2, 0.25) is 15.2 Å². The van der Waals surface area contributed by atoms with E-state index in [9.17, 15) is 8.42 Å². The fourth-order valence-corrected chi connectivity index (χ4v) is 5.95. The average molecular weight is 471 g/mol. The molecule has 1 atom stereocenters. The van der Waals surface area contributed by atoms with Crippen LogP contribution in [0.5, 0.6) is 5.75 Å². The number of benzene rings is 2. The molecule has 1 aromatic heterocycles. The quantitative estimate of drug-likeness (QED) is 0.400. The van der Waals surface area contributed by atoms with Crippen LogP contribution in [-0.2, 0) is 10.0 Å². The van der Waals surface area contributed by atoms with Crippen LogP contribution in [0.25, 0.3) is 11.3 Å². The number of sulfonamides is 1. The lowest BCUT2D eigenvalue weighted by Gasteiger charge is -2.30. The summed E-state index contributed by atoms with van der Waals surface area (Å²) in [7, 11) is -1.88. The van der Waals surface area contributed by atoms with Crippen LogP contribution in [-0.4, -0.2) is 44.1 Å². The van der Waals surface area contributed by atoms with Crippen LogP contribution in [0.1, 0.15) is 25.3 Å². The highest BCUT2D eigenvalue weighted by atomic mass is 32.2. The van der Waals surface area contributed by atoms with E-state index < -0.39 is 10.0 Å². The number of hydrogen-bond donors (Lipinski definition) is 1. The number of hydrogen-bond acceptors (Lipinski definition) is 7. The van der Waals surface area contributed by atoms with Crippen LogP contribution < -0.4 is 10.2 Å². The van der Waals surface area contributed by atoms with Gasteiger partial charge in [-0.1, -0.05) is 19.1 Å². The number of piperidine rings is 1. The first-order valence-electron chi connectivity index (χ1n) is 10.4. The highest BCUT2D eigenvalue weighted by Gasteiger charge is 2.28. The van der Waals surface area contributed by atoms with Crippen LogP contribution in [0.3, 0.4) is 0 Å². The number of nitrogens with zero attached hydrogens (tertiary/aromatic N) is 3. The van der Waals surface area contributed by atoms with Gasteiger partial charge in [0.25, 0.3) is 0 Å². The van der Waals surface area contributed by atoms with E-state index >= 15 is 0 Å². The van der Waals surface area contributed by atoms with Crippen LogP contribution in [0.4, 0.5) is 5.13 Å². The van der Waals surface area contributed by atoms with Gasteiger partial charge in [-0.25, -0.2) is 13.4 Å². The smallest absolute Gasteiger partial charge is 0.243 e. The molecular weight excluding hydrogens is 444 g/mol. The summed E-state index contributed by atoms with van der Waals surface area (Å²) < 4.78 is 33.0. The number of rotatable bonds is 7. The Morgan fingerprint density at radius 1 is 1.25 bits per heavy atom. The van der Waals surface area contributed by atoms with Gasteiger partial charge < -0.3 is 4.74 Å². The molecule has 0 aliphatic carbocycles. The van der Waals surface area contributed by atoms with Crippen molar-refractivity contribution < 1.29 is 13.2 Å². The first-order valence-corrected chi connectivity index (χ1v) is 12.8. The summed E-state index contributed by atoms with van der Waals surface area (Å²) in [6.45, 7) is 3.25. The average Bonchev–Trinajstić information content (AvgIpc) is 3.29. The fourth-order valence-electron chi connectivity index (χ4n) is 3.64. The molecule has 3 aromatic rings. The van der Waals surface area contributed by atoms with Crippen molar-refractivity contribution in [2.75, 3.05) is 25.6 Å². The molecule has 168 valence electrons. The maximum absolute atomic E-state index is 13.1. The van der Waals surface area contributed by atoms with Crippen molar-refractivity contribution in [1.82, 2.24) is 9.29 Å². The Morgan fingerprint density at radius 2 is 2.06 bits per heavy atom. The molecule has 1 aliphatic rings. The molecule has 1 fully saturated rings. The number of ether oxygens (including phenoxy) is 1. The van der Waals surface area contributed by atoms with Crippen molar-refractivity contribution in [2.45, 2.75) is 24.7 Å². The van der Waals surface area contributed by atoms with Crippen LogP contribution in [0.15, 0.2) is 63.9 Å². The molecule has 0 bridgehead atoms. The summed E-state index contributed by atoms with van der Waals surface area (Å²) in [4.78, 5) is 4.86. The number of methoxy groups -OCH3 is 1. The van der Waals surface area contributed by atoms with Crippen molar-refractivity contribution >= 4 is 32.7 Å². The summed E-state index contributed by atoms with van der Waals surface area (Å²) in [5.41, 5.74) is 5.34. The van der Waals surface area contributed by atoms with E-state index in [1.54, 1.807) is 35.8 Å². The van der Waals surface area contributed by atoms with Gasteiger partial charge in [-0.05, 0) is 60.7 Å². The molecule has 1 aliphatic heterocycles. The highest BCUT2D eigenvalue weighted by Crippen LogP contribution is 2.29. The summed E-state index contributed by atoms with van der Waals surface area (Å²) in [6.07, 6.45) is 3.67. The Morgan fingerprint density at radius 3 is 2.81 bits per heavy atom. The van der Waals surface area contributed by atoms with Gasteiger partial charge in [0.05, 0.1) is 23.9 Å². The van der Waals surface area contributed by atoms with Gasteiger partial charge >= 0.3 is 0 Å². The lowest BCUT2D eigenvalue weighted by atomic mass is 10.0. The molecule has 0 spiro atoms. The molecule has 7 nitrogen and oxygen atoms in total. The first-order chi connectivity index (χ1) is 15.5. The molecule has 4 rings (SSSR count). The van der Waals surface area contributed by atoms with Gasteiger partial charge in [-0.3, -0.25) is 5.43 Å². The maximum Gasteiger partial charge on any atom is 0.243 e. The molecule has 0 radical (unpaired) electrons. The van der Waals surface area contributed by atoms with E-state index in [2.05, 4.69) is 22.4 Å². The minimum absolute atomic E-state index is 0.309. The Labute approximate surface area is 192 Å². The number of aromatic nitrogens is 1. The Balaban J connectivity index is 1.46. The third-order valence-corrected chi connectivity index (χ3v) is 7.99. The molecule has 2 heterocycles. The zero-order valence-electron chi connectivity index (χ0n) is 18.1. The topological polar surface area (TPSA) is 83.9 Å². The molecule has 0 amide bonds. The van der Waals surface area contributed by atoms with Gasteiger partial charge in [0, 0.05) is 24.0 Å².